The van der Waals surface area contributed by atoms with E-state index in [1.54, 1.807) is 54.9 Å². The van der Waals surface area contributed by atoms with E-state index in [0.29, 0.717) is 44.5 Å². The molecular weight excluding hydrogens is 568 g/mol. The maximum Gasteiger partial charge on any atom is 0.433 e. The van der Waals surface area contributed by atoms with Crippen LogP contribution in [0.5, 0.6) is 5.75 Å². The van der Waals surface area contributed by atoms with Crippen molar-refractivity contribution in [3.8, 4) is 17.0 Å². The highest BCUT2D eigenvalue weighted by atomic mass is 35.5. The lowest BCUT2D eigenvalue weighted by Crippen LogP contribution is -2.16. The molecule has 0 aliphatic carbocycles. The second-order valence-electron chi connectivity index (χ2n) is 8.94. The molecule has 2 aromatic carbocycles. The standard InChI is InChI=1S/C27H21Cl2F3N6O2/c1-14-23(15(2)37(35-14)13-16-6-4-8-18(28)10-16)34-26(39)24-22(29)25-33-20(17-7-5-9-19(11-17)40-3)12-21(27(30,31)32)38(25)36-24/h4-12H,13H2,1-3H3,(H,34,39). The Morgan fingerprint density at radius 2 is 1.80 bits per heavy atom. The van der Waals surface area contributed by atoms with Crippen molar-refractivity contribution in [2.45, 2.75) is 26.6 Å². The van der Waals surface area contributed by atoms with Crippen molar-refractivity contribution >= 4 is 40.4 Å². The number of hydrogen-bond donors (Lipinski definition) is 1. The highest BCUT2D eigenvalue weighted by Gasteiger charge is 2.37. The summed E-state index contributed by atoms with van der Waals surface area (Å²) in [4.78, 5) is 17.6. The van der Waals surface area contributed by atoms with Gasteiger partial charge in [0.25, 0.3) is 5.91 Å². The van der Waals surface area contributed by atoms with Crippen LogP contribution in [-0.2, 0) is 12.7 Å². The van der Waals surface area contributed by atoms with Crippen molar-refractivity contribution in [1.29, 1.82) is 0 Å². The van der Waals surface area contributed by atoms with Gasteiger partial charge in [0.15, 0.2) is 17.0 Å². The fourth-order valence-electron chi connectivity index (χ4n) is 4.28. The van der Waals surface area contributed by atoms with E-state index in [9.17, 15) is 18.0 Å². The van der Waals surface area contributed by atoms with Crippen molar-refractivity contribution < 1.29 is 22.7 Å². The van der Waals surface area contributed by atoms with E-state index in [1.165, 1.54) is 7.11 Å². The van der Waals surface area contributed by atoms with Crippen LogP contribution in [0.15, 0.2) is 54.6 Å². The zero-order valence-electron chi connectivity index (χ0n) is 21.3. The van der Waals surface area contributed by atoms with Crippen LogP contribution in [0.25, 0.3) is 16.9 Å². The maximum absolute atomic E-state index is 14.1. The number of carbonyl (C=O) groups is 1. The molecule has 0 atom stereocenters. The molecule has 0 radical (unpaired) electrons. The Morgan fingerprint density at radius 3 is 2.50 bits per heavy atom. The molecule has 0 fully saturated rings. The summed E-state index contributed by atoms with van der Waals surface area (Å²) in [6.07, 6.45) is -4.81. The molecule has 0 spiro atoms. The van der Waals surface area contributed by atoms with Crippen LogP contribution in [0.2, 0.25) is 10.0 Å². The van der Waals surface area contributed by atoms with Gasteiger partial charge in [-0.05, 0) is 49.7 Å². The largest absolute Gasteiger partial charge is 0.497 e. The lowest BCUT2D eigenvalue weighted by Gasteiger charge is -2.11. The molecular formula is C27H21Cl2F3N6O2. The first-order chi connectivity index (χ1) is 19.0. The van der Waals surface area contributed by atoms with Gasteiger partial charge in [-0.2, -0.15) is 23.4 Å². The highest BCUT2D eigenvalue weighted by molar-refractivity contribution is 6.37. The number of nitrogens with one attached hydrogen (secondary N) is 1. The van der Waals surface area contributed by atoms with E-state index in [2.05, 4.69) is 20.5 Å². The molecule has 3 heterocycles. The van der Waals surface area contributed by atoms with Crippen LogP contribution in [-0.4, -0.2) is 37.4 Å². The quantitative estimate of drug-likeness (QED) is 0.234. The molecule has 5 aromatic rings. The molecule has 5 rings (SSSR count). The van der Waals surface area contributed by atoms with E-state index < -0.39 is 23.5 Å². The summed E-state index contributed by atoms with van der Waals surface area (Å²) in [6, 6.07) is 14.5. The number of ether oxygens (including phenoxy) is 1. The van der Waals surface area contributed by atoms with Gasteiger partial charge in [0.05, 0.1) is 36.4 Å². The summed E-state index contributed by atoms with van der Waals surface area (Å²) in [7, 11) is 1.44. The van der Waals surface area contributed by atoms with Gasteiger partial charge in [0, 0.05) is 10.6 Å². The van der Waals surface area contributed by atoms with Gasteiger partial charge in [-0.1, -0.05) is 47.5 Å². The average Bonchev–Trinajstić information content (AvgIpc) is 3.38. The number of nitrogens with zero attached hydrogens (tertiary/aromatic N) is 5. The predicted octanol–water partition coefficient (Wildman–Crippen LogP) is 6.84. The predicted molar refractivity (Wildman–Crippen MR) is 145 cm³/mol. The first-order valence-electron chi connectivity index (χ1n) is 11.9. The molecule has 0 aliphatic rings. The molecule has 0 bridgehead atoms. The maximum atomic E-state index is 14.1. The summed E-state index contributed by atoms with van der Waals surface area (Å²) in [5.41, 5.74) is 0.905. The molecule has 8 nitrogen and oxygen atoms in total. The number of amides is 1. The molecule has 13 heteroatoms. The van der Waals surface area contributed by atoms with Crippen LogP contribution in [0.3, 0.4) is 0 Å². The molecule has 1 N–H and O–H groups in total. The Kier molecular flexibility index (Phi) is 7.19. The number of anilines is 1. The molecule has 206 valence electrons. The first kappa shape index (κ1) is 27.5. The van der Waals surface area contributed by atoms with Crippen molar-refractivity contribution in [3.63, 3.8) is 0 Å². The fourth-order valence-corrected chi connectivity index (χ4v) is 4.74. The van der Waals surface area contributed by atoms with Crippen molar-refractivity contribution in [1.82, 2.24) is 24.4 Å². The Bertz CT molecular complexity index is 1760. The van der Waals surface area contributed by atoms with E-state index in [1.807, 2.05) is 12.1 Å². The molecule has 1 amide bonds. The van der Waals surface area contributed by atoms with E-state index >= 15 is 0 Å². The highest BCUT2D eigenvalue weighted by Crippen LogP contribution is 2.35. The lowest BCUT2D eigenvalue weighted by molar-refractivity contribution is -0.142. The third kappa shape index (κ3) is 5.22. The number of aromatic nitrogens is 5. The van der Waals surface area contributed by atoms with Gasteiger partial charge in [-0.15, -0.1) is 0 Å². The van der Waals surface area contributed by atoms with Gasteiger partial charge < -0.3 is 10.1 Å². The van der Waals surface area contributed by atoms with E-state index in [0.717, 1.165) is 11.6 Å². The number of methoxy groups -OCH3 is 1. The van der Waals surface area contributed by atoms with Crippen LogP contribution >= 0.6 is 23.2 Å². The Balaban J connectivity index is 1.53. The minimum Gasteiger partial charge on any atom is -0.497 e. The number of carbonyl (C=O) groups excluding carboxylic acids is 1. The molecule has 0 saturated heterocycles. The second-order valence-corrected chi connectivity index (χ2v) is 9.76. The topological polar surface area (TPSA) is 86.3 Å². The van der Waals surface area contributed by atoms with E-state index in [-0.39, 0.29) is 16.4 Å². The van der Waals surface area contributed by atoms with Gasteiger partial charge >= 0.3 is 6.18 Å². The molecule has 3 aromatic heterocycles. The van der Waals surface area contributed by atoms with Crippen LogP contribution < -0.4 is 10.1 Å². The SMILES string of the molecule is COc1cccc(-c2cc(C(F)(F)F)n3nc(C(=O)Nc4c(C)nn(Cc5cccc(Cl)c5)c4C)c(Cl)c3n2)c1. The normalized spacial score (nSPS) is 11.7. The number of alkyl halides is 3. The third-order valence-electron chi connectivity index (χ3n) is 6.25. The fraction of sp³-hybridized carbons (Fsp3) is 0.185. The van der Waals surface area contributed by atoms with Gasteiger partial charge in [-0.3, -0.25) is 9.48 Å². The third-order valence-corrected chi connectivity index (χ3v) is 6.83. The van der Waals surface area contributed by atoms with Crippen molar-refractivity contribution in [3.05, 3.63) is 93.0 Å². The number of hydrogen-bond acceptors (Lipinski definition) is 5. The van der Waals surface area contributed by atoms with E-state index in [4.69, 9.17) is 27.9 Å². The number of benzene rings is 2. The summed E-state index contributed by atoms with van der Waals surface area (Å²) < 4.78 is 49.6. The van der Waals surface area contributed by atoms with Crippen LogP contribution in [0.1, 0.15) is 33.1 Å². The molecule has 0 aliphatic heterocycles. The summed E-state index contributed by atoms with van der Waals surface area (Å²) >= 11 is 12.5. The smallest absolute Gasteiger partial charge is 0.433 e. The molecule has 0 saturated carbocycles. The van der Waals surface area contributed by atoms with Crippen LogP contribution in [0.4, 0.5) is 18.9 Å². The van der Waals surface area contributed by atoms with Gasteiger partial charge in [0.2, 0.25) is 0 Å². The van der Waals surface area contributed by atoms with Gasteiger partial charge in [-0.25, -0.2) is 9.50 Å². The van der Waals surface area contributed by atoms with Crippen LogP contribution in [0, 0.1) is 13.8 Å². The summed E-state index contributed by atoms with van der Waals surface area (Å²) in [5.74, 6) is -0.367. The molecule has 40 heavy (non-hydrogen) atoms. The first-order valence-corrected chi connectivity index (χ1v) is 12.6. The minimum atomic E-state index is -4.81. The minimum absolute atomic E-state index is 0.0125. The summed E-state index contributed by atoms with van der Waals surface area (Å²) in [6.45, 7) is 3.85. The Morgan fingerprint density at radius 1 is 1.05 bits per heavy atom. The Hall–Kier alpha value is -4.09. The molecule has 0 unspecified atom stereocenters. The number of fused-ring (bicyclic) bond motifs is 1. The van der Waals surface area contributed by atoms with Gasteiger partial charge in [0.1, 0.15) is 10.8 Å². The second kappa shape index (κ2) is 10.5. The number of rotatable bonds is 6. The lowest BCUT2D eigenvalue weighted by atomic mass is 10.1. The number of halogens is 5. The summed E-state index contributed by atoms with van der Waals surface area (Å²) in [5, 5.41) is 11.3. The average molecular weight is 589 g/mol. The number of aryl methyl sites for hydroxylation is 1. The monoisotopic (exact) mass is 588 g/mol. The van der Waals surface area contributed by atoms with Crippen molar-refractivity contribution in [2.75, 3.05) is 12.4 Å². The van der Waals surface area contributed by atoms with Crippen molar-refractivity contribution in [2.24, 2.45) is 0 Å². The Labute approximate surface area is 236 Å². The zero-order valence-corrected chi connectivity index (χ0v) is 22.9. The zero-order chi connectivity index (χ0) is 28.8.